The molecule has 0 saturated heterocycles. The number of benzene rings is 1. The Hall–Kier alpha value is -3.72. The number of hydrogen-bond donors (Lipinski definition) is 1. The summed E-state index contributed by atoms with van der Waals surface area (Å²) in [5, 5.41) is 10.3. The van der Waals surface area contributed by atoms with E-state index in [2.05, 4.69) is 79.6 Å². The molecule has 0 atom stereocenters. The van der Waals surface area contributed by atoms with Crippen molar-refractivity contribution in [3.05, 3.63) is 124 Å². The molecule has 0 radical (unpaired) electrons. The van der Waals surface area contributed by atoms with Crippen LogP contribution in [0.4, 0.5) is 0 Å². The lowest BCUT2D eigenvalue weighted by atomic mass is 9.95. The molecule has 0 heterocycles. The highest BCUT2D eigenvalue weighted by Crippen LogP contribution is 2.26. The Balaban J connectivity index is 1.92. The van der Waals surface area contributed by atoms with Crippen LogP contribution in [0.2, 0.25) is 0 Å². The number of aromatic hydroxyl groups is 1. The molecule has 1 aromatic carbocycles. The predicted octanol–water partition coefficient (Wildman–Crippen LogP) is 7.05. The first kappa shape index (κ1) is 22.5. The molecule has 3 aliphatic carbocycles. The molecule has 0 aliphatic heterocycles. The molecule has 3 heteroatoms. The van der Waals surface area contributed by atoms with Gasteiger partial charge in [-0.15, -0.1) is 0 Å². The first-order valence-corrected chi connectivity index (χ1v) is 11.3. The zero-order valence-corrected chi connectivity index (χ0v) is 19.8. The molecular formula is C30H30N2O. The molecule has 0 fully saturated rings. The van der Waals surface area contributed by atoms with Crippen molar-refractivity contribution < 1.29 is 5.11 Å². The van der Waals surface area contributed by atoms with Crippen molar-refractivity contribution in [2.75, 3.05) is 7.05 Å². The molecule has 0 aromatic heterocycles. The summed E-state index contributed by atoms with van der Waals surface area (Å²) in [6.07, 6.45) is 23.2. The van der Waals surface area contributed by atoms with Gasteiger partial charge >= 0.3 is 0 Å². The van der Waals surface area contributed by atoms with E-state index < -0.39 is 0 Å². The topological polar surface area (TPSA) is 45.0 Å². The maximum Gasteiger partial charge on any atom is 0.116 e. The van der Waals surface area contributed by atoms with Crippen LogP contribution in [-0.2, 0) is 0 Å². The van der Waals surface area contributed by atoms with Gasteiger partial charge in [0.2, 0.25) is 0 Å². The van der Waals surface area contributed by atoms with Crippen molar-refractivity contribution in [1.29, 1.82) is 0 Å². The maximum atomic E-state index is 10.3. The first-order valence-electron chi connectivity index (χ1n) is 11.3. The first-order chi connectivity index (χ1) is 15.9. The SMILES string of the molecule is C/N=C(\C(=N/C1=CC=C2C=CC=CC(=C1)C2)C1=CC(C)=CCC(C)=C1)c1cc(C)cc(O)c1. The van der Waals surface area contributed by atoms with E-state index in [0.29, 0.717) is 0 Å². The van der Waals surface area contributed by atoms with Crippen LogP contribution in [0.1, 0.15) is 37.8 Å². The molecule has 0 unspecified atom stereocenters. The van der Waals surface area contributed by atoms with E-state index in [1.165, 1.54) is 22.3 Å². The minimum absolute atomic E-state index is 0.227. The summed E-state index contributed by atoms with van der Waals surface area (Å²) < 4.78 is 0. The van der Waals surface area contributed by atoms with E-state index in [0.717, 1.165) is 46.7 Å². The number of fused-ring (bicyclic) bond motifs is 2. The van der Waals surface area contributed by atoms with Crippen LogP contribution in [0.5, 0.6) is 5.75 Å². The van der Waals surface area contributed by atoms with Gasteiger partial charge in [-0.05, 0) is 80.7 Å². The molecule has 1 aromatic rings. The number of allylic oxidation sites excluding steroid dienone is 15. The predicted molar refractivity (Wildman–Crippen MR) is 140 cm³/mol. The molecule has 2 bridgehead atoms. The Labute approximate surface area is 196 Å². The molecule has 0 amide bonds. The van der Waals surface area contributed by atoms with Gasteiger partial charge in [0, 0.05) is 18.2 Å². The smallest absolute Gasteiger partial charge is 0.116 e. The lowest BCUT2D eigenvalue weighted by Gasteiger charge is -2.14. The summed E-state index contributed by atoms with van der Waals surface area (Å²) in [5.41, 5.74) is 10.2. The van der Waals surface area contributed by atoms with Crippen molar-refractivity contribution in [3.8, 4) is 5.75 Å². The number of hydrogen-bond acceptors (Lipinski definition) is 3. The highest BCUT2D eigenvalue weighted by atomic mass is 16.3. The summed E-state index contributed by atoms with van der Waals surface area (Å²) in [5.74, 6) is 0.227. The number of phenols is 1. The summed E-state index contributed by atoms with van der Waals surface area (Å²) >= 11 is 0. The van der Waals surface area contributed by atoms with E-state index in [4.69, 9.17) is 4.99 Å². The van der Waals surface area contributed by atoms with Gasteiger partial charge in [-0.2, -0.15) is 0 Å². The molecular weight excluding hydrogens is 404 g/mol. The zero-order chi connectivity index (χ0) is 23.4. The average molecular weight is 435 g/mol. The van der Waals surface area contributed by atoms with Gasteiger partial charge < -0.3 is 5.11 Å². The van der Waals surface area contributed by atoms with Gasteiger partial charge in [0.15, 0.2) is 0 Å². The Bertz CT molecular complexity index is 1260. The van der Waals surface area contributed by atoms with Crippen molar-refractivity contribution in [2.45, 2.75) is 33.6 Å². The Morgan fingerprint density at radius 2 is 1.67 bits per heavy atom. The molecule has 3 nitrogen and oxygen atoms in total. The van der Waals surface area contributed by atoms with Crippen molar-refractivity contribution in [3.63, 3.8) is 0 Å². The van der Waals surface area contributed by atoms with Gasteiger partial charge in [0.1, 0.15) is 5.75 Å². The van der Waals surface area contributed by atoms with E-state index in [-0.39, 0.29) is 5.75 Å². The number of aliphatic imine (C=N–C) groups is 2. The van der Waals surface area contributed by atoms with Gasteiger partial charge in [-0.1, -0.05) is 59.8 Å². The molecule has 33 heavy (non-hydrogen) atoms. The third-order valence-electron chi connectivity index (χ3n) is 5.77. The molecule has 0 spiro atoms. The lowest BCUT2D eigenvalue weighted by molar-refractivity contribution is 0.475. The summed E-state index contributed by atoms with van der Waals surface area (Å²) in [6, 6.07) is 5.55. The fourth-order valence-corrected chi connectivity index (χ4v) is 4.21. The van der Waals surface area contributed by atoms with Crippen molar-refractivity contribution in [1.82, 2.24) is 0 Å². The molecule has 1 N–H and O–H groups in total. The molecule has 3 aliphatic rings. The van der Waals surface area contributed by atoms with Crippen molar-refractivity contribution in [2.24, 2.45) is 9.98 Å². The van der Waals surface area contributed by atoms with Crippen LogP contribution in [0.3, 0.4) is 0 Å². The zero-order valence-electron chi connectivity index (χ0n) is 19.8. The van der Waals surface area contributed by atoms with Crippen LogP contribution in [0.15, 0.2) is 123 Å². The maximum absolute atomic E-state index is 10.3. The largest absolute Gasteiger partial charge is 0.508 e. The fraction of sp³-hybridized carbons (Fsp3) is 0.200. The summed E-state index contributed by atoms with van der Waals surface area (Å²) in [7, 11) is 1.79. The summed E-state index contributed by atoms with van der Waals surface area (Å²) in [6.45, 7) is 6.23. The van der Waals surface area contributed by atoms with Gasteiger partial charge in [-0.3, -0.25) is 4.99 Å². The minimum atomic E-state index is 0.227. The van der Waals surface area contributed by atoms with E-state index >= 15 is 0 Å². The Kier molecular flexibility index (Phi) is 6.69. The molecule has 166 valence electrons. The normalized spacial score (nSPS) is 18.8. The molecule has 4 rings (SSSR count). The Morgan fingerprint density at radius 1 is 0.879 bits per heavy atom. The minimum Gasteiger partial charge on any atom is -0.508 e. The number of phenolic OH excluding ortho intramolecular Hbond substituents is 1. The van der Waals surface area contributed by atoms with Crippen LogP contribution in [0, 0.1) is 6.92 Å². The number of nitrogens with zero attached hydrogens (tertiary/aromatic N) is 2. The fourth-order valence-electron chi connectivity index (χ4n) is 4.21. The van der Waals surface area contributed by atoms with Gasteiger partial charge in [0.05, 0.1) is 17.1 Å². The average Bonchev–Trinajstić information content (AvgIpc) is 3.18. The summed E-state index contributed by atoms with van der Waals surface area (Å²) in [4.78, 5) is 9.84. The Morgan fingerprint density at radius 3 is 2.42 bits per heavy atom. The number of aryl methyl sites for hydroxylation is 1. The monoisotopic (exact) mass is 434 g/mol. The highest BCUT2D eigenvalue weighted by Gasteiger charge is 2.18. The van der Waals surface area contributed by atoms with Crippen LogP contribution in [-0.4, -0.2) is 23.6 Å². The van der Waals surface area contributed by atoms with Crippen molar-refractivity contribution >= 4 is 11.4 Å². The van der Waals surface area contributed by atoms with Gasteiger partial charge in [0.25, 0.3) is 0 Å². The second kappa shape index (κ2) is 9.83. The van der Waals surface area contributed by atoms with Crippen LogP contribution >= 0.6 is 0 Å². The van der Waals surface area contributed by atoms with E-state index in [1.807, 2.05) is 13.0 Å². The third kappa shape index (κ3) is 5.56. The second-order valence-electron chi connectivity index (χ2n) is 8.78. The quantitative estimate of drug-likeness (QED) is 0.507. The standard InChI is InChI=1S/C30H30N2O/c1-20-9-10-21(2)14-25(13-20)30(29(31-4)26-15-22(3)16-28(33)19-26)32-27-12-11-23-7-5-6-8-24(17-23)18-27/h5-9,11-16,18-19,33H,10,17H2,1-4H3/b31-29-,32-30-. The second-order valence-corrected chi connectivity index (χ2v) is 8.78. The van der Waals surface area contributed by atoms with E-state index in [1.54, 1.807) is 19.2 Å². The third-order valence-corrected chi connectivity index (χ3v) is 5.77. The molecule has 0 saturated carbocycles. The van der Waals surface area contributed by atoms with Crippen LogP contribution < -0.4 is 0 Å². The van der Waals surface area contributed by atoms with E-state index in [9.17, 15) is 5.11 Å². The highest BCUT2D eigenvalue weighted by molar-refractivity contribution is 6.54. The lowest BCUT2D eigenvalue weighted by Crippen LogP contribution is -2.18. The van der Waals surface area contributed by atoms with Crippen LogP contribution in [0.25, 0.3) is 0 Å². The number of rotatable bonds is 4. The van der Waals surface area contributed by atoms with Gasteiger partial charge in [-0.25, -0.2) is 4.99 Å².